The third-order valence-electron chi connectivity index (χ3n) is 1.65. The van der Waals surface area contributed by atoms with Crippen LogP contribution in [0.15, 0.2) is 0 Å². The molecule has 0 aromatic carbocycles. The molecule has 4 heteroatoms. The first-order chi connectivity index (χ1) is 5.62. The summed E-state index contributed by atoms with van der Waals surface area (Å²) in [6, 6.07) is 2.10. The van der Waals surface area contributed by atoms with Crippen molar-refractivity contribution in [2.75, 3.05) is 27.3 Å². The molecule has 0 unspecified atom stereocenters. The fraction of sp³-hybridized carbons (Fsp3) is 0.750. The molecule has 1 amide bonds. The van der Waals surface area contributed by atoms with Gasteiger partial charge in [0.2, 0.25) is 6.41 Å². The van der Waals surface area contributed by atoms with Crippen LogP contribution < -0.4 is 5.32 Å². The van der Waals surface area contributed by atoms with Gasteiger partial charge in [-0.3, -0.25) is 4.79 Å². The summed E-state index contributed by atoms with van der Waals surface area (Å²) in [5.41, 5.74) is 0. The molecule has 0 aliphatic rings. The molecule has 0 fully saturated rings. The summed E-state index contributed by atoms with van der Waals surface area (Å²) in [5, 5.41) is 10.9. The van der Waals surface area contributed by atoms with Gasteiger partial charge in [-0.25, -0.2) is 0 Å². The van der Waals surface area contributed by atoms with E-state index in [1.54, 1.807) is 0 Å². The van der Waals surface area contributed by atoms with Crippen LogP contribution in [0.1, 0.15) is 12.8 Å². The van der Waals surface area contributed by atoms with E-state index in [1.165, 1.54) is 0 Å². The largest absolute Gasteiger partial charge is 0.312 e. The third kappa shape index (κ3) is 5.69. The van der Waals surface area contributed by atoms with Crippen molar-refractivity contribution in [2.45, 2.75) is 12.8 Å². The fourth-order valence-electron chi connectivity index (χ4n) is 0.950. The summed E-state index contributed by atoms with van der Waals surface area (Å²) in [6.45, 7) is 1.53. The lowest BCUT2D eigenvalue weighted by molar-refractivity contribution is -0.892. The second-order valence-electron chi connectivity index (χ2n) is 3.40. The van der Waals surface area contributed by atoms with Gasteiger partial charge in [-0.1, -0.05) is 0 Å². The molecule has 1 N–H and O–H groups in total. The molecule has 0 bridgehead atoms. The molecular weight excluding hydrogens is 154 g/mol. The van der Waals surface area contributed by atoms with Crippen LogP contribution in [-0.2, 0) is 4.79 Å². The Labute approximate surface area is 73.4 Å². The monoisotopic (exact) mass is 170 g/mol. The predicted octanol–water partition coefficient (Wildman–Crippen LogP) is 0.0701. The average Bonchev–Trinajstić information content (AvgIpc) is 2.01. The minimum atomic E-state index is 0.586. The van der Waals surface area contributed by atoms with E-state index in [0.717, 1.165) is 17.4 Å². The van der Waals surface area contributed by atoms with Gasteiger partial charge in [-0.05, 0) is 0 Å². The van der Waals surface area contributed by atoms with E-state index in [1.807, 2.05) is 14.1 Å². The number of nitrogens with zero attached hydrogens (tertiary/aromatic N) is 2. The standard InChI is InChI=1S/C8H15N3O/c1-11(2,7-10-8-12)6-4-3-5-9/h8H,3-4,6-7H2,1-2H3/p+1. The number of unbranched alkanes of at least 4 members (excludes halogenated alkanes) is 1. The number of rotatable bonds is 6. The average molecular weight is 170 g/mol. The maximum atomic E-state index is 10.0. The van der Waals surface area contributed by atoms with Crippen molar-refractivity contribution in [2.24, 2.45) is 0 Å². The lowest BCUT2D eigenvalue weighted by Gasteiger charge is -2.28. The molecule has 0 saturated carbocycles. The van der Waals surface area contributed by atoms with E-state index in [0.29, 0.717) is 19.5 Å². The van der Waals surface area contributed by atoms with Crippen LogP contribution in [0.25, 0.3) is 0 Å². The van der Waals surface area contributed by atoms with Gasteiger partial charge in [0, 0.05) is 12.8 Å². The van der Waals surface area contributed by atoms with Crippen LogP contribution in [0.5, 0.6) is 0 Å². The lowest BCUT2D eigenvalue weighted by atomic mass is 10.3. The van der Waals surface area contributed by atoms with Crippen molar-refractivity contribution in [3.8, 4) is 6.07 Å². The molecule has 0 aliphatic heterocycles. The van der Waals surface area contributed by atoms with Crippen LogP contribution in [0.2, 0.25) is 0 Å². The van der Waals surface area contributed by atoms with E-state index < -0.39 is 0 Å². The third-order valence-corrected chi connectivity index (χ3v) is 1.65. The molecule has 0 aromatic rings. The highest BCUT2D eigenvalue weighted by Crippen LogP contribution is 1.98. The Balaban J connectivity index is 3.56. The molecule has 0 aliphatic carbocycles. The normalized spacial score (nSPS) is 10.4. The summed E-state index contributed by atoms with van der Waals surface area (Å²) in [5.74, 6) is 0. The quantitative estimate of drug-likeness (QED) is 0.265. The van der Waals surface area contributed by atoms with E-state index in [4.69, 9.17) is 5.26 Å². The van der Waals surface area contributed by atoms with Crippen molar-refractivity contribution >= 4 is 6.41 Å². The van der Waals surface area contributed by atoms with Crippen molar-refractivity contribution < 1.29 is 9.28 Å². The van der Waals surface area contributed by atoms with Crippen molar-refractivity contribution in [3.63, 3.8) is 0 Å². The smallest absolute Gasteiger partial charge is 0.211 e. The molecule has 0 rings (SSSR count). The Bertz CT molecular complexity index is 172. The number of carbonyl (C=O) groups is 1. The number of carbonyl (C=O) groups excluding carboxylic acids is 1. The van der Waals surface area contributed by atoms with E-state index in [-0.39, 0.29) is 0 Å². The number of nitriles is 1. The van der Waals surface area contributed by atoms with Gasteiger partial charge < -0.3 is 9.80 Å². The summed E-state index contributed by atoms with van der Waals surface area (Å²) in [4.78, 5) is 10.0. The van der Waals surface area contributed by atoms with Gasteiger partial charge in [0.15, 0.2) is 6.67 Å². The summed E-state index contributed by atoms with van der Waals surface area (Å²) >= 11 is 0. The number of amides is 1. The van der Waals surface area contributed by atoms with E-state index >= 15 is 0 Å². The number of hydrogen-bond donors (Lipinski definition) is 1. The highest BCUT2D eigenvalue weighted by Gasteiger charge is 2.12. The Morgan fingerprint density at radius 1 is 1.58 bits per heavy atom. The molecule has 0 radical (unpaired) electrons. The maximum absolute atomic E-state index is 10.0. The molecule has 0 atom stereocenters. The second kappa shape index (κ2) is 5.56. The molecule has 68 valence electrons. The minimum absolute atomic E-state index is 0.586. The van der Waals surface area contributed by atoms with E-state index in [9.17, 15) is 4.79 Å². The SMILES string of the molecule is C[N+](C)(CCCC#N)CNC=O. The summed E-state index contributed by atoms with van der Waals surface area (Å²) in [7, 11) is 4.04. The van der Waals surface area contributed by atoms with Crippen LogP contribution >= 0.6 is 0 Å². The van der Waals surface area contributed by atoms with Crippen LogP contribution in [0, 0.1) is 11.3 Å². The molecule has 0 spiro atoms. The Hall–Kier alpha value is -1.08. The highest BCUT2D eigenvalue weighted by molar-refractivity contribution is 5.45. The highest BCUT2D eigenvalue weighted by atomic mass is 16.1. The van der Waals surface area contributed by atoms with Crippen LogP contribution in [-0.4, -0.2) is 38.2 Å². The van der Waals surface area contributed by atoms with Gasteiger partial charge in [0.1, 0.15) is 0 Å². The first-order valence-electron chi connectivity index (χ1n) is 3.98. The van der Waals surface area contributed by atoms with Crippen molar-refractivity contribution in [1.82, 2.24) is 5.32 Å². The molecule has 0 aromatic heterocycles. The second-order valence-corrected chi connectivity index (χ2v) is 3.40. The fourth-order valence-corrected chi connectivity index (χ4v) is 0.950. The molecule has 0 heterocycles. The van der Waals surface area contributed by atoms with Gasteiger partial charge in [-0.2, -0.15) is 5.26 Å². The minimum Gasteiger partial charge on any atom is -0.312 e. The summed E-state index contributed by atoms with van der Waals surface area (Å²) < 4.78 is 0.723. The Kier molecular flexibility index (Phi) is 5.06. The topological polar surface area (TPSA) is 52.9 Å². The van der Waals surface area contributed by atoms with Gasteiger partial charge in [0.05, 0.1) is 26.7 Å². The Morgan fingerprint density at radius 2 is 2.25 bits per heavy atom. The first kappa shape index (κ1) is 10.9. The number of hydrogen-bond acceptors (Lipinski definition) is 2. The molecule has 4 nitrogen and oxygen atoms in total. The molecule has 0 saturated heterocycles. The van der Waals surface area contributed by atoms with E-state index in [2.05, 4.69) is 11.4 Å². The molecule has 12 heavy (non-hydrogen) atoms. The zero-order valence-corrected chi connectivity index (χ0v) is 7.71. The van der Waals surface area contributed by atoms with Gasteiger partial charge in [-0.15, -0.1) is 0 Å². The zero-order chi connectivity index (χ0) is 9.45. The van der Waals surface area contributed by atoms with Crippen LogP contribution in [0.3, 0.4) is 0 Å². The van der Waals surface area contributed by atoms with Gasteiger partial charge in [0.25, 0.3) is 0 Å². The molecular formula is C8H16N3O+. The lowest BCUT2D eigenvalue weighted by Crippen LogP contribution is -2.46. The zero-order valence-electron chi connectivity index (χ0n) is 7.71. The predicted molar refractivity (Wildman–Crippen MR) is 45.9 cm³/mol. The number of quaternary nitrogens is 1. The van der Waals surface area contributed by atoms with Crippen molar-refractivity contribution in [3.05, 3.63) is 0 Å². The Morgan fingerprint density at radius 3 is 2.75 bits per heavy atom. The summed E-state index contributed by atoms with van der Waals surface area (Å²) in [6.07, 6.45) is 2.16. The first-order valence-corrected chi connectivity index (χ1v) is 3.98. The van der Waals surface area contributed by atoms with Crippen LogP contribution in [0.4, 0.5) is 0 Å². The van der Waals surface area contributed by atoms with Gasteiger partial charge >= 0.3 is 0 Å². The maximum Gasteiger partial charge on any atom is 0.211 e. The van der Waals surface area contributed by atoms with Crippen molar-refractivity contribution in [1.29, 1.82) is 5.26 Å². The number of nitrogens with one attached hydrogen (secondary N) is 1.